The van der Waals surface area contributed by atoms with Crippen LogP contribution in [0.2, 0.25) is 0 Å². The molecular weight excluding hydrogens is 326 g/mol. The zero-order valence-electron chi connectivity index (χ0n) is 13.0. The third kappa shape index (κ3) is 3.34. The molecule has 0 spiro atoms. The molecule has 0 unspecified atom stereocenters. The molecule has 0 radical (unpaired) electrons. The Morgan fingerprint density at radius 2 is 1.67 bits per heavy atom. The van der Waals surface area contributed by atoms with Gasteiger partial charge >= 0.3 is 0 Å². The molecule has 2 aromatic carbocycles. The minimum Gasteiger partial charge on any atom is -0.495 e. The lowest BCUT2D eigenvalue weighted by Crippen LogP contribution is -2.29. The van der Waals surface area contributed by atoms with Crippen molar-refractivity contribution in [3.63, 3.8) is 0 Å². The van der Waals surface area contributed by atoms with E-state index in [9.17, 15) is 8.42 Å². The quantitative estimate of drug-likeness (QED) is 0.745. The number of para-hydroxylation sites is 1. The molecule has 0 saturated heterocycles. The van der Waals surface area contributed by atoms with Gasteiger partial charge in [-0.15, -0.1) is 0 Å². The second kappa shape index (κ2) is 6.90. The SMILES string of the molecule is COc1ccccc1S(=O)(=O)N[C@H](c1ccccc1)c1ccco1. The Hall–Kier alpha value is -2.57. The fourth-order valence-corrected chi connectivity index (χ4v) is 3.81. The summed E-state index contributed by atoms with van der Waals surface area (Å²) in [5.74, 6) is 0.802. The minimum absolute atomic E-state index is 0.0833. The van der Waals surface area contributed by atoms with Crippen LogP contribution in [0.5, 0.6) is 5.75 Å². The highest BCUT2D eigenvalue weighted by Crippen LogP contribution is 2.28. The summed E-state index contributed by atoms with van der Waals surface area (Å²) >= 11 is 0. The molecule has 0 aliphatic heterocycles. The van der Waals surface area contributed by atoms with E-state index in [1.54, 1.807) is 30.3 Å². The number of ether oxygens (including phenoxy) is 1. The highest BCUT2D eigenvalue weighted by Gasteiger charge is 2.26. The van der Waals surface area contributed by atoms with E-state index in [4.69, 9.17) is 9.15 Å². The van der Waals surface area contributed by atoms with Crippen LogP contribution in [0, 0.1) is 0 Å². The molecule has 1 aromatic heterocycles. The normalized spacial score (nSPS) is 12.7. The maximum Gasteiger partial charge on any atom is 0.245 e. The van der Waals surface area contributed by atoms with Gasteiger partial charge in [0.1, 0.15) is 22.4 Å². The lowest BCUT2D eigenvalue weighted by atomic mass is 10.1. The fraction of sp³-hybridized carbons (Fsp3) is 0.111. The van der Waals surface area contributed by atoms with Crippen molar-refractivity contribution in [3.05, 3.63) is 84.3 Å². The molecule has 124 valence electrons. The van der Waals surface area contributed by atoms with Gasteiger partial charge in [-0.2, -0.15) is 4.72 Å². The third-order valence-electron chi connectivity index (χ3n) is 3.59. The molecule has 0 aliphatic carbocycles. The first-order chi connectivity index (χ1) is 11.6. The predicted molar refractivity (Wildman–Crippen MR) is 90.3 cm³/mol. The van der Waals surface area contributed by atoms with Crippen LogP contribution in [0.15, 0.2) is 82.3 Å². The van der Waals surface area contributed by atoms with E-state index in [1.165, 1.54) is 19.4 Å². The molecule has 1 atom stereocenters. The molecule has 6 heteroatoms. The summed E-state index contributed by atoms with van der Waals surface area (Å²) in [6.07, 6.45) is 1.52. The van der Waals surface area contributed by atoms with Gasteiger partial charge in [0.2, 0.25) is 10.0 Å². The van der Waals surface area contributed by atoms with Gasteiger partial charge in [-0.1, -0.05) is 42.5 Å². The zero-order valence-corrected chi connectivity index (χ0v) is 13.9. The van der Waals surface area contributed by atoms with Gasteiger partial charge in [-0.25, -0.2) is 8.42 Å². The predicted octanol–water partition coefficient (Wildman–Crippen LogP) is 3.36. The third-order valence-corrected chi connectivity index (χ3v) is 5.05. The second-order valence-electron chi connectivity index (χ2n) is 5.13. The minimum atomic E-state index is -3.81. The number of methoxy groups -OCH3 is 1. The van der Waals surface area contributed by atoms with Crippen LogP contribution < -0.4 is 9.46 Å². The molecule has 0 saturated carbocycles. The van der Waals surface area contributed by atoms with E-state index in [-0.39, 0.29) is 10.6 Å². The highest BCUT2D eigenvalue weighted by atomic mass is 32.2. The van der Waals surface area contributed by atoms with Crippen molar-refractivity contribution in [2.75, 3.05) is 7.11 Å². The van der Waals surface area contributed by atoms with Gasteiger partial charge in [0.05, 0.1) is 13.4 Å². The summed E-state index contributed by atoms with van der Waals surface area (Å²) < 4.78 is 39.0. The van der Waals surface area contributed by atoms with Crippen LogP contribution in [0.4, 0.5) is 0 Å². The van der Waals surface area contributed by atoms with Gasteiger partial charge in [-0.3, -0.25) is 0 Å². The van der Waals surface area contributed by atoms with E-state index in [1.807, 2.05) is 30.3 Å². The number of hydrogen-bond donors (Lipinski definition) is 1. The molecule has 0 aliphatic rings. The van der Waals surface area contributed by atoms with Crippen LogP contribution in [-0.4, -0.2) is 15.5 Å². The van der Waals surface area contributed by atoms with Crippen LogP contribution >= 0.6 is 0 Å². The monoisotopic (exact) mass is 343 g/mol. The van der Waals surface area contributed by atoms with Crippen LogP contribution in [0.1, 0.15) is 17.4 Å². The van der Waals surface area contributed by atoms with Crippen molar-refractivity contribution in [2.45, 2.75) is 10.9 Å². The first-order valence-corrected chi connectivity index (χ1v) is 8.84. The van der Waals surface area contributed by atoms with E-state index in [2.05, 4.69) is 4.72 Å². The number of furan rings is 1. The maximum absolute atomic E-state index is 12.9. The molecule has 24 heavy (non-hydrogen) atoms. The average Bonchev–Trinajstić information content (AvgIpc) is 3.15. The van der Waals surface area contributed by atoms with E-state index >= 15 is 0 Å². The van der Waals surface area contributed by atoms with Crippen LogP contribution in [-0.2, 0) is 10.0 Å². The van der Waals surface area contributed by atoms with Gasteiger partial charge in [-0.05, 0) is 29.8 Å². The fourth-order valence-electron chi connectivity index (χ4n) is 2.45. The van der Waals surface area contributed by atoms with Gasteiger partial charge < -0.3 is 9.15 Å². The Labute approximate surface area is 140 Å². The van der Waals surface area contributed by atoms with Crippen molar-refractivity contribution >= 4 is 10.0 Å². The summed E-state index contributed by atoms with van der Waals surface area (Å²) in [5, 5.41) is 0. The lowest BCUT2D eigenvalue weighted by molar-refractivity contribution is 0.401. The van der Waals surface area contributed by atoms with E-state index in [0.717, 1.165) is 5.56 Å². The van der Waals surface area contributed by atoms with E-state index in [0.29, 0.717) is 5.76 Å². The Balaban J connectivity index is 2.01. The molecular formula is C18H17NO4S. The molecule has 0 bridgehead atoms. The topological polar surface area (TPSA) is 68.5 Å². The largest absolute Gasteiger partial charge is 0.495 e. The first-order valence-electron chi connectivity index (χ1n) is 7.35. The molecule has 3 rings (SSSR count). The van der Waals surface area contributed by atoms with E-state index < -0.39 is 16.1 Å². The van der Waals surface area contributed by atoms with Crippen molar-refractivity contribution in [3.8, 4) is 5.75 Å². The molecule has 0 amide bonds. The standard InChI is InChI=1S/C18H17NO4S/c1-22-15-10-5-6-12-17(15)24(20,21)19-18(16-11-7-13-23-16)14-8-3-2-4-9-14/h2-13,18-19H,1H3/t18-/m1/s1. The average molecular weight is 343 g/mol. The van der Waals surface area contributed by atoms with Crippen LogP contribution in [0.25, 0.3) is 0 Å². The summed E-state index contributed by atoms with van der Waals surface area (Å²) in [6, 6.07) is 18.6. The van der Waals surface area contributed by atoms with Crippen LogP contribution in [0.3, 0.4) is 0 Å². The zero-order chi connectivity index (χ0) is 17.0. The lowest BCUT2D eigenvalue weighted by Gasteiger charge is -2.18. The Morgan fingerprint density at radius 3 is 2.33 bits per heavy atom. The van der Waals surface area contributed by atoms with Gasteiger partial charge in [0.25, 0.3) is 0 Å². The Morgan fingerprint density at radius 1 is 0.958 bits per heavy atom. The van der Waals surface area contributed by atoms with Crippen molar-refractivity contribution in [1.29, 1.82) is 0 Å². The number of rotatable bonds is 6. The summed E-state index contributed by atoms with van der Waals surface area (Å²) in [5.41, 5.74) is 0.783. The first kappa shape index (κ1) is 16.3. The summed E-state index contributed by atoms with van der Waals surface area (Å²) in [7, 11) is -2.37. The van der Waals surface area contributed by atoms with Gasteiger partial charge in [0.15, 0.2) is 0 Å². The van der Waals surface area contributed by atoms with Crippen molar-refractivity contribution in [1.82, 2.24) is 4.72 Å². The van der Waals surface area contributed by atoms with Crippen molar-refractivity contribution < 1.29 is 17.6 Å². The molecule has 5 nitrogen and oxygen atoms in total. The smallest absolute Gasteiger partial charge is 0.245 e. The van der Waals surface area contributed by atoms with Crippen molar-refractivity contribution in [2.24, 2.45) is 0 Å². The summed E-state index contributed by atoms with van der Waals surface area (Å²) in [4.78, 5) is 0.0833. The molecule has 3 aromatic rings. The highest BCUT2D eigenvalue weighted by molar-refractivity contribution is 7.89. The Bertz CT molecular complexity index is 890. The Kier molecular flexibility index (Phi) is 4.69. The summed E-state index contributed by atoms with van der Waals surface area (Å²) in [6.45, 7) is 0. The molecule has 1 heterocycles. The number of nitrogens with one attached hydrogen (secondary N) is 1. The maximum atomic E-state index is 12.9. The second-order valence-corrected chi connectivity index (χ2v) is 6.81. The van der Waals surface area contributed by atoms with Gasteiger partial charge in [0, 0.05) is 0 Å². The number of sulfonamides is 1. The number of benzene rings is 2. The molecule has 0 fully saturated rings. The number of hydrogen-bond acceptors (Lipinski definition) is 4. The molecule has 1 N–H and O–H groups in total.